The van der Waals surface area contributed by atoms with Crippen molar-refractivity contribution in [1.82, 2.24) is 20.1 Å². The molecule has 156 valence electrons. The number of para-hydroxylation sites is 1. The normalized spacial score (nSPS) is 14.3. The molecule has 5 rings (SSSR count). The number of amides is 1. The zero-order valence-corrected chi connectivity index (χ0v) is 18.5. The number of thiophene rings is 1. The maximum atomic E-state index is 12.8. The van der Waals surface area contributed by atoms with Crippen molar-refractivity contribution in [3.05, 3.63) is 94.4 Å². The van der Waals surface area contributed by atoms with E-state index < -0.39 is 0 Å². The van der Waals surface area contributed by atoms with Gasteiger partial charge >= 0.3 is 0 Å². The van der Waals surface area contributed by atoms with Gasteiger partial charge in [0.25, 0.3) is 0 Å². The second-order valence-electron chi connectivity index (χ2n) is 7.49. The third-order valence-electron chi connectivity index (χ3n) is 5.15. The van der Waals surface area contributed by atoms with Gasteiger partial charge in [-0.15, -0.1) is 16.4 Å². The summed E-state index contributed by atoms with van der Waals surface area (Å²) in [5.74, 6) is 1.71. The first-order chi connectivity index (χ1) is 15.3. The number of carbonyl (C=O) groups excluding carboxylic acids is 1. The van der Waals surface area contributed by atoms with Crippen molar-refractivity contribution in [2.24, 2.45) is 0 Å². The van der Waals surface area contributed by atoms with E-state index in [1.807, 2.05) is 76.8 Å². The third-order valence-corrected chi connectivity index (χ3v) is 6.93. The van der Waals surface area contributed by atoms with Gasteiger partial charge in [0.15, 0.2) is 0 Å². The molecule has 0 saturated heterocycles. The monoisotopic (exact) mass is 446 g/mol. The zero-order valence-electron chi connectivity index (χ0n) is 16.8. The molecule has 1 aliphatic rings. The molecule has 2 aromatic carbocycles. The molecule has 1 N–H and O–H groups in total. The standard InChI is InChI=1S/C24H22N4OS2/c29-21(25-22(20-12-7-15-30-20)17-8-3-1-4-9-17)16-31-24-26-23(18-13-14-18)28(27-24)19-10-5-2-6-11-19/h1-12,15,18,22H,13-14,16H2,(H,25,29)/t22-/m1/s1. The fourth-order valence-electron chi connectivity index (χ4n) is 3.48. The molecule has 0 unspecified atom stereocenters. The van der Waals surface area contributed by atoms with Crippen LogP contribution in [-0.4, -0.2) is 26.4 Å². The van der Waals surface area contributed by atoms with Crippen molar-refractivity contribution < 1.29 is 4.79 Å². The first-order valence-corrected chi connectivity index (χ1v) is 12.2. The van der Waals surface area contributed by atoms with Crippen LogP contribution in [0.5, 0.6) is 0 Å². The highest BCUT2D eigenvalue weighted by Crippen LogP contribution is 2.40. The number of nitrogens with one attached hydrogen (secondary N) is 1. The van der Waals surface area contributed by atoms with Gasteiger partial charge in [0.2, 0.25) is 11.1 Å². The lowest BCUT2D eigenvalue weighted by molar-refractivity contribution is -0.119. The Morgan fingerprint density at radius 3 is 2.48 bits per heavy atom. The molecule has 1 fully saturated rings. The van der Waals surface area contributed by atoms with Crippen LogP contribution in [-0.2, 0) is 4.79 Å². The molecule has 1 atom stereocenters. The largest absolute Gasteiger partial charge is 0.344 e. The molecule has 1 aliphatic carbocycles. The topological polar surface area (TPSA) is 59.8 Å². The van der Waals surface area contributed by atoms with Gasteiger partial charge in [0.1, 0.15) is 5.82 Å². The Labute approximate surface area is 189 Å². The summed E-state index contributed by atoms with van der Waals surface area (Å²) in [5.41, 5.74) is 2.08. The lowest BCUT2D eigenvalue weighted by atomic mass is 10.1. The van der Waals surface area contributed by atoms with E-state index in [1.54, 1.807) is 11.3 Å². The molecule has 7 heteroatoms. The van der Waals surface area contributed by atoms with Crippen molar-refractivity contribution in [3.8, 4) is 5.69 Å². The van der Waals surface area contributed by atoms with E-state index in [2.05, 4.69) is 11.4 Å². The molecule has 0 aliphatic heterocycles. The maximum absolute atomic E-state index is 12.8. The number of thioether (sulfide) groups is 1. The summed E-state index contributed by atoms with van der Waals surface area (Å²) in [4.78, 5) is 18.7. The van der Waals surface area contributed by atoms with Crippen LogP contribution in [0.3, 0.4) is 0 Å². The minimum Gasteiger partial charge on any atom is -0.344 e. The summed E-state index contributed by atoms with van der Waals surface area (Å²) >= 11 is 3.03. The summed E-state index contributed by atoms with van der Waals surface area (Å²) < 4.78 is 1.93. The van der Waals surface area contributed by atoms with Gasteiger partial charge in [0, 0.05) is 10.8 Å². The van der Waals surface area contributed by atoms with E-state index in [0.29, 0.717) is 11.1 Å². The van der Waals surface area contributed by atoms with Crippen molar-refractivity contribution in [2.75, 3.05) is 5.75 Å². The molecule has 5 nitrogen and oxygen atoms in total. The molecule has 31 heavy (non-hydrogen) atoms. The molecule has 0 spiro atoms. The Kier molecular flexibility index (Phi) is 5.86. The van der Waals surface area contributed by atoms with E-state index >= 15 is 0 Å². The first-order valence-electron chi connectivity index (χ1n) is 10.3. The molecular formula is C24H22N4OS2. The second kappa shape index (κ2) is 9.08. The van der Waals surface area contributed by atoms with Crippen LogP contribution >= 0.6 is 23.1 Å². The Bertz CT molecular complexity index is 1140. The molecule has 4 aromatic rings. The van der Waals surface area contributed by atoms with Crippen LogP contribution in [0.4, 0.5) is 0 Å². The highest BCUT2D eigenvalue weighted by Gasteiger charge is 2.30. The van der Waals surface area contributed by atoms with Crippen molar-refractivity contribution in [1.29, 1.82) is 0 Å². The summed E-state index contributed by atoms with van der Waals surface area (Å²) in [7, 11) is 0. The minimum atomic E-state index is -0.147. The van der Waals surface area contributed by atoms with E-state index in [1.165, 1.54) is 11.8 Å². The third kappa shape index (κ3) is 4.73. The summed E-state index contributed by atoms with van der Waals surface area (Å²) in [6, 6.07) is 24.1. The van der Waals surface area contributed by atoms with Gasteiger partial charge in [-0.2, -0.15) is 0 Å². The van der Waals surface area contributed by atoms with Crippen LogP contribution in [0.25, 0.3) is 5.69 Å². The number of carbonyl (C=O) groups is 1. The lowest BCUT2D eigenvalue weighted by Gasteiger charge is -2.17. The Morgan fingerprint density at radius 1 is 1.06 bits per heavy atom. The molecule has 2 aromatic heterocycles. The number of aromatic nitrogens is 3. The summed E-state index contributed by atoms with van der Waals surface area (Å²) in [6.45, 7) is 0. The quantitative estimate of drug-likeness (QED) is 0.378. The van der Waals surface area contributed by atoms with Crippen LogP contribution in [0.15, 0.2) is 83.3 Å². The predicted octanol–water partition coefficient (Wildman–Crippen LogP) is 5.20. The smallest absolute Gasteiger partial charge is 0.231 e. The summed E-state index contributed by atoms with van der Waals surface area (Å²) in [6.07, 6.45) is 2.30. The van der Waals surface area contributed by atoms with Crippen molar-refractivity contribution in [2.45, 2.75) is 30.0 Å². The van der Waals surface area contributed by atoms with Gasteiger partial charge in [-0.05, 0) is 42.0 Å². The van der Waals surface area contributed by atoms with Crippen molar-refractivity contribution in [3.63, 3.8) is 0 Å². The Hall–Kier alpha value is -2.90. The van der Waals surface area contributed by atoms with E-state index in [0.717, 1.165) is 34.8 Å². The Morgan fingerprint density at radius 2 is 1.81 bits per heavy atom. The highest BCUT2D eigenvalue weighted by atomic mass is 32.2. The lowest BCUT2D eigenvalue weighted by Crippen LogP contribution is -2.30. The molecule has 0 bridgehead atoms. The number of nitrogens with zero attached hydrogens (tertiary/aromatic N) is 3. The Balaban J connectivity index is 1.29. The number of hydrogen-bond donors (Lipinski definition) is 1. The van der Waals surface area contributed by atoms with Crippen LogP contribution < -0.4 is 5.32 Å². The number of benzene rings is 2. The number of rotatable bonds is 8. The molecule has 1 amide bonds. The van der Waals surface area contributed by atoms with Crippen molar-refractivity contribution >= 4 is 29.0 Å². The van der Waals surface area contributed by atoms with Crippen LogP contribution in [0.1, 0.15) is 41.1 Å². The maximum Gasteiger partial charge on any atom is 0.231 e. The average Bonchev–Trinajstić information content (AvgIpc) is 3.34. The van der Waals surface area contributed by atoms with Gasteiger partial charge in [0.05, 0.1) is 17.5 Å². The van der Waals surface area contributed by atoms with Gasteiger partial charge in [-0.25, -0.2) is 9.67 Å². The molecular weight excluding hydrogens is 424 g/mol. The van der Waals surface area contributed by atoms with E-state index in [9.17, 15) is 4.79 Å². The van der Waals surface area contributed by atoms with E-state index in [-0.39, 0.29) is 17.7 Å². The fourth-order valence-corrected chi connectivity index (χ4v) is 4.93. The van der Waals surface area contributed by atoms with Crippen LogP contribution in [0, 0.1) is 0 Å². The zero-order chi connectivity index (χ0) is 21.0. The second-order valence-corrected chi connectivity index (χ2v) is 9.41. The first kappa shape index (κ1) is 20.0. The van der Waals surface area contributed by atoms with Gasteiger partial charge in [-0.3, -0.25) is 4.79 Å². The average molecular weight is 447 g/mol. The van der Waals surface area contributed by atoms with E-state index in [4.69, 9.17) is 10.1 Å². The van der Waals surface area contributed by atoms with Gasteiger partial charge < -0.3 is 5.32 Å². The van der Waals surface area contributed by atoms with Gasteiger partial charge in [-0.1, -0.05) is 66.4 Å². The molecule has 2 heterocycles. The van der Waals surface area contributed by atoms with Crippen LogP contribution in [0.2, 0.25) is 0 Å². The minimum absolute atomic E-state index is 0.0312. The highest BCUT2D eigenvalue weighted by molar-refractivity contribution is 7.99. The fraction of sp³-hybridized carbons (Fsp3) is 0.208. The number of hydrogen-bond acceptors (Lipinski definition) is 5. The molecule has 1 saturated carbocycles. The molecule has 0 radical (unpaired) electrons. The predicted molar refractivity (Wildman–Crippen MR) is 125 cm³/mol. The summed E-state index contributed by atoms with van der Waals surface area (Å²) in [5, 5.41) is 10.6. The SMILES string of the molecule is O=C(CSc1nc(C2CC2)n(-c2ccccc2)n1)N[C@H](c1ccccc1)c1cccs1.